The Morgan fingerprint density at radius 3 is 2.52 bits per heavy atom. The Balaban J connectivity index is 2.27. The molecule has 2 aromatic rings. The molecule has 1 aromatic heterocycles. The number of nitrogens with zero attached hydrogens (tertiary/aromatic N) is 3. The Morgan fingerprint density at radius 2 is 1.90 bits per heavy atom. The normalized spacial score (nSPS) is 10.2. The fourth-order valence-corrected chi connectivity index (χ4v) is 2.13. The first-order valence-electron chi connectivity index (χ1n) is 7.20. The van der Waals surface area contributed by atoms with Gasteiger partial charge in [-0.2, -0.15) is 10.1 Å². The maximum Gasteiger partial charge on any atom is 0.249 e. The summed E-state index contributed by atoms with van der Waals surface area (Å²) >= 11 is 0. The van der Waals surface area contributed by atoms with Crippen molar-refractivity contribution in [2.24, 2.45) is 0 Å². The number of hydrogen-bond acceptors (Lipinski definition) is 5. The summed E-state index contributed by atoms with van der Waals surface area (Å²) in [4.78, 5) is 4.41. The zero-order chi connectivity index (χ0) is 15.1. The highest BCUT2D eigenvalue weighted by molar-refractivity contribution is 5.64. The molecule has 0 atom stereocenters. The molecule has 5 heteroatoms. The zero-order valence-corrected chi connectivity index (χ0v) is 12.6. The summed E-state index contributed by atoms with van der Waals surface area (Å²) in [6.45, 7) is 8.59. The van der Waals surface area contributed by atoms with Gasteiger partial charge in [-0.3, -0.25) is 0 Å². The first-order chi connectivity index (χ1) is 10.3. The maximum absolute atomic E-state index is 4.41. The fourth-order valence-electron chi connectivity index (χ4n) is 2.13. The molecule has 110 valence electrons. The molecule has 5 nitrogen and oxygen atoms in total. The molecule has 0 aliphatic rings. The molecule has 0 amide bonds. The van der Waals surface area contributed by atoms with E-state index in [-0.39, 0.29) is 0 Å². The van der Waals surface area contributed by atoms with Gasteiger partial charge in [0.05, 0.1) is 6.20 Å². The largest absolute Gasteiger partial charge is 0.365 e. The Bertz CT molecular complexity index is 587. The van der Waals surface area contributed by atoms with E-state index < -0.39 is 0 Å². The standard InChI is InChI=1S/C16H21N5/c1-4-10-17-14-11-18-21-16(19-14)20-15-12(5-2)8-7-9-13(15)6-3/h4,7-9,11H,1,5-6,10H2,2-3H3,(H2,17,19,20,21). The number of para-hydroxylation sites is 1. The van der Waals surface area contributed by atoms with E-state index in [1.807, 2.05) is 0 Å². The lowest BCUT2D eigenvalue weighted by atomic mass is 10.0. The molecule has 0 fully saturated rings. The summed E-state index contributed by atoms with van der Waals surface area (Å²) in [6, 6.07) is 6.33. The van der Waals surface area contributed by atoms with Crippen molar-refractivity contribution in [3.63, 3.8) is 0 Å². The minimum absolute atomic E-state index is 0.500. The predicted octanol–water partition coefficient (Wildman–Crippen LogP) is 3.34. The molecule has 1 heterocycles. The average Bonchev–Trinajstić information content (AvgIpc) is 2.53. The van der Waals surface area contributed by atoms with Crippen molar-refractivity contribution in [3.8, 4) is 0 Å². The molecular formula is C16H21N5. The van der Waals surface area contributed by atoms with E-state index >= 15 is 0 Å². The van der Waals surface area contributed by atoms with Crippen LogP contribution in [0.5, 0.6) is 0 Å². The van der Waals surface area contributed by atoms with Gasteiger partial charge in [-0.1, -0.05) is 38.1 Å². The molecule has 0 spiro atoms. The van der Waals surface area contributed by atoms with Gasteiger partial charge in [0.2, 0.25) is 5.95 Å². The van der Waals surface area contributed by atoms with Gasteiger partial charge in [-0.25, -0.2) is 0 Å². The van der Waals surface area contributed by atoms with Crippen molar-refractivity contribution >= 4 is 17.5 Å². The van der Waals surface area contributed by atoms with Gasteiger partial charge in [0.15, 0.2) is 5.82 Å². The van der Waals surface area contributed by atoms with E-state index in [1.54, 1.807) is 12.3 Å². The molecule has 0 aliphatic heterocycles. The predicted molar refractivity (Wildman–Crippen MR) is 87.0 cm³/mol. The molecule has 0 saturated heterocycles. The van der Waals surface area contributed by atoms with Gasteiger partial charge in [0.25, 0.3) is 0 Å². The summed E-state index contributed by atoms with van der Waals surface area (Å²) in [5.74, 6) is 1.18. The van der Waals surface area contributed by atoms with Gasteiger partial charge in [0, 0.05) is 12.2 Å². The van der Waals surface area contributed by atoms with Gasteiger partial charge in [-0.05, 0) is 24.0 Å². The van der Waals surface area contributed by atoms with Crippen molar-refractivity contribution in [2.75, 3.05) is 17.2 Å². The summed E-state index contributed by atoms with van der Waals surface area (Å²) in [5.41, 5.74) is 3.59. The van der Waals surface area contributed by atoms with Crippen LogP contribution in [-0.2, 0) is 12.8 Å². The van der Waals surface area contributed by atoms with E-state index in [4.69, 9.17) is 0 Å². The highest BCUT2D eigenvalue weighted by Crippen LogP contribution is 2.25. The number of nitrogens with one attached hydrogen (secondary N) is 2. The quantitative estimate of drug-likeness (QED) is 0.763. The SMILES string of the molecule is C=CCNc1cnnc(Nc2c(CC)cccc2CC)n1. The second-order valence-electron chi connectivity index (χ2n) is 4.62. The average molecular weight is 283 g/mol. The lowest BCUT2D eigenvalue weighted by molar-refractivity contribution is 0.970. The number of hydrogen-bond donors (Lipinski definition) is 2. The molecule has 0 unspecified atom stereocenters. The van der Waals surface area contributed by atoms with Gasteiger partial charge in [0.1, 0.15) is 0 Å². The minimum Gasteiger partial charge on any atom is -0.365 e. The summed E-state index contributed by atoms with van der Waals surface area (Å²) in [7, 11) is 0. The van der Waals surface area contributed by atoms with E-state index in [9.17, 15) is 0 Å². The molecule has 21 heavy (non-hydrogen) atoms. The molecule has 2 rings (SSSR count). The van der Waals surface area contributed by atoms with E-state index in [1.165, 1.54) is 11.1 Å². The smallest absolute Gasteiger partial charge is 0.249 e. The number of anilines is 3. The lowest BCUT2D eigenvalue weighted by Gasteiger charge is -2.14. The highest BCUT2D eigenvalue weighted by Gasteiger charge is 2.08. The highest BCUT2D eigenvalue weighted by atomic mass is 15.3. The zero-order valence-electron chi connectivity index (χ0n) is 12.6. The van der Waals surface area contributed by atoms with Crippen molar-refractivity contribution in [1.82, 2.24) is 15.2 Å². The van der Waals surface area contributed by atoms with Crippen LogP contribution in [0.3, 0.4) is 0 Å². The van der Waals surface area contributed by atoms with Crippen molar-refractivity contribution < 1.29 is 0 Å². The summed E-state index contributed by atoms with van der Waals surface area (Å²) < 4.78 is 0. The molecule has 0 radical (unpaired) electrons. The first-order valence-corrected chi connectivity index (χ1v) is 7.20. The Hall–Kier alpha value is -2.43. The number of benzene rings is 1. The third kappa shape index (κ3) is 3.78. The third-order valence-electron chi connectivity index (χ3n) is 3.22. The van der Waals surface area contributed by atoms with Gasteiger partial charge < -0.3 is 10.6 Å². The van der Waals surface area contributed by atoms with E-state index in [0.29, 0.717) is 18.3 Å². The third-order valence-corrected chi connectivity index (χ3v) is 3.22. The second-order valence-corrected chi connectivity index (χ2v) is 4.62. The van der Waals surface area contributed by atoms with Crippen molar-refractivity contribution in [3.05, 3.63) is 48.2 Å². The van der Waals surface area contributed by atoms with Gasteiger partial charge in [-0.15, -0.1) is 11.7 Å². The van der Waals surface area contributed by atoms with E-state index in [2.05, 4.69) is 64.4 Å². The van der Waals surface area contributed by atoms with Crippen LogP contribution in [-0.4, -0.2) is 21.7 Å². The fraction of sp³-hybridized carbons (Fsp3) is 0.312. The summed E-state index contributed by atoms with van der Waals surface area (Å²) in [5, 5.41) is 14.4. The van der Waals surface area contributed by atoms with Crippen molar-refractivity contribution in [1.29, 1.82) is 0 Å². The van der Waals surface area contributed by atoms with Crippen LogP contribution >= 0.6 is 0 Å². The number of aryl methyl sites for hydroxylation is 2. The molecular weight excluding hydrogens is 262 g/mol. The number of rotatable bonds is 7. The van der Waals surface area contributed by atoms with Crippen LogP contribution in [0.2, 0.25) is 0 Å². The van der Waals surface area contributed by atoms with Crippen LogP contribution in [0.4, 0.5) is 17.5 Å². The first kappa shape index (κ1) is 15.0. The Morgan fingerprint density at radius 1 is 1.19 bits per heavy atom. The van der Waals surface area contributed by atoms with Crippen LogP contribution in [0.15, 0.2) is 37.1 Å². The van der Waals surface area contributed by atoms with Crippen LogP contribution in [0, 0.1) is 0 Å². The van der Waals surface area contributed by atoms with Gasteiger partial charge >= 0.3 is 0 Å². The second kappa shape index (κ2) is 7.38. The molecule has 0 bridgehead atoms. The Labute approximate surface area is 125 Å². The molecule has 2 N–H and O–H groups in total. The molecule has 0 aliphatic carbocycles. The van der Waals surface area contributed by atoms with Crippen molar-refractivity contribution in [2.45, 2.75) is 26.7 Å². The van der Waals surface area contributed by atoms with Crippen LogP contribution < -0.4 is 10.6 Å². The molecule has 0 saturated carbocycles. The Kier molecular flexibility index (Phi) is 5.26. The lowest BCUT2D eigenvalue weighted by Crippen LogP contribution is -2.07. The van der Waals surface area contributed by atoms with E-state index in [0.717, 1.165) is 18.5 Å². The summed E-state index contributed by atoms with van der Waals surface area (Å²) in [6.07, 6.45) is 5.29. The maximum atomic E-state index is 4.41. The van der Waals surface area contributed by atoms with Crippen LogP contribution in [0.1, 0.15) is 25.0 Å². The molecule has 1 aromatic carbocycles. The van der Waals surface area contributed by atoms with Crippen LogP contribution in [0.25, 0.3) is 0 Å². The number of aromatic nitrogens is 3. The topological polar surface area (TPSA) is 62.7 Å². The monoisotopic (exact) mass is 283 g/mol. The minimum atomic E-state index is 0.500.